The Morgan fingerprint density at radius 3 is 2.65 bits per heavy atom. The number of rotatable bonds is 4. The van der Waals surface area contributed by atoms with Gasteiger partial charge in [0.15, 0.2) is 5.25 Å². The number of benzene rings is 1. The van der Waals surface area contributed by atoms with Crippen molar-refractivity contribution in [3.8, 4) is 11.8 Å². The van der Waals surface area contributed by atoms with Crippen molar-refractivity contribution >= 4 is 15.7 Å². The summed E-state index contributed by atoms with van der Waals surface area (Å²) in [5.41, 5.74) is 0.907. The third-order valence-electron chi connectivity index (χ3n) is 2.35. The predicted octanol–water partition coefficient (Wildman–Crippen LogP) is 1.74. The molecule has 1 aromatic rings. The van der Waals surface area contributed by atoms with Gasteiger partial charge >= 0.3 is 0 Å². The number of hydrogen-bond donors (Lipinski definition) is 2. The summed E-state index contributed by atoms with van der Waals surface area (Å²) in [6, 6.07) is 6.10. The minimum Gasteiger partial charge on any atom is -0.508 e. The zero-order valence-corrected chi connectivity index (χ0v) is 10.5. The maximum absolute atomic E-state index is 11.8. The summed E-state index contributed by atoms with van der Waals surface area (Å²) in [7, 11) is -3.70. The zero-order valence-electron chi connectivity index (χ0n) is 9.64. The quantitative estimate of drug-likeness (QED) is 0.801. The Balaban J connectivity index is 2.99. The molecule has 5 nitrogen and oxygen atoms in total. The topological polar surface area (TPSA) is 90.2 Å². The third-order valence-corrected chi connectivity index (χ3v) is 4.05. The summed E-state index contributed by atoms with van der Waals surface area (Å²) in [5, 5.41) is 17.0. The largest absolute Gasteiger partial charge is 0.508 e. The molecule has 0 aliphatic carbocycles. The first-order valence-electron chi connectivity index (χ1n) is 5.11. The monoisotopic (exact) mass is 254 g/mol. The molecule has 2 N–H and O–H groups in total. The minimum absolute atomic E-state index is 0.0975. The van der Waals surface area contributed by atoms with Crippen molar-refractivity contribution in [2.75, 3.05) is 4.72 Å². The normalized spacial score (nSPS) is 12.8. The van der Waals surface area contributed by atoms with Crippen LogP contribution < -0.4 is 4.72 Å². The Morgan fingerprint density at radius 1 is 1.53 bits per heavy atom. The summed E-state index contributed by atoms with van der Waals surface area (Å²) in [6.45, 7) is 3.30. The molecule has 0 spiro atoms. The molecule has 92 valence electrons. The molecule has 0 fully saturated rings. The molecule has 0 bridgehead atoms. The van der Waals surface area contributed by atoms with E-state index in [1.807, 2.05) is 0 Å². The van der Waals surface area contributed by atoms with Gasteiger partial charge in [-0.25, -0.2) is 8.42 Å². The van der Waals surface area contributed by atoms with Crippen molar-refractivity contribution in [1.82, 2.24) is 0 Å². The summed E-state index contributed by atoms with van der Waals surface area (Å²) < 4.78 is 25.9. The van der Waals surface area contributed by atoms with Crippen molar-refractivity contribution in [3.05, 3.63) is 23.8 Å². The van der Waals surface area contributed by atoms with Gasteiger partial charge in [0.25, 0.3) is 0 Å². The van der Waals surface area contributed by atoms with Gasteiger partial charge in [0, 0.05) is 5.69 Å². The summed E-state index contributed by atoms with van der Waals surface area (Å²) in [4.78, 5) is 0. The van der Waals surface area contributed by atoms with Crippen LogP contribution in [-0.4, -0.2) is 18.8 Å². The van der Waals surface area contributed by atoms with Crippen LogP contribution in [-0.2, 0) is 10.0 Å². The van der Waals surface area contributed by atoms with Gasteiger partial charge < -0.3 is 5.11 Å². The first kappa shape index (κ1) is 13.3. The molecule has 1 atom stereocenters. The average Bonchev–Trinajstić information content (AvgIpc) is 2.24. The number of anilines is 1. The molecule has 0 aliphatic heterocycles. The van der Waals surface area contributed by atoms with Crippen molar-refractivity contribution in [2.24, 2.45) is 0 Å². The van der Waals surface area contributed by atoms with Crippen LogP contribution >= 0.6 is 0 Å². The second-order valence-corrected chi connectivity index (χ2v) is 5.54. The maximum Gasteiger partial charge on any atom is 0.249 e. The molecule has 0 aliphatic rings. The first-order chi connectivity index (χ1) is 7.90. The van der Waals surface area contributed by atoms with E-state index >= 15 is 0 Å². The van der Waals surface area contributed by atoms with E-state index < -0.39 is 15.3 Å². The van der Waals surface area contributed by atoms with Gasteiger partial charge in [-0.3, -0.25) is 4.72 Å². The van der Waals surface area contributed by atoms with Crippen molar-refractivity contribution in [2.45, 2.75) is 25.5 Å². The van der Waals surface area contributed by atoms with Crippen LogP contribution in [0.25, 0.3) is 0 Å². The smallest absolute Gasteiger partial charge is 0.249 e. The van der Waals surface area contributed by atoms with E-state index in [9.17, 15) is 13.5 Å². The lowest BCUT2D eigenvalue weighted by molar-refractivity contribution is 0.471. The summed E-state index contributed by atoms with van der Waals surface area (Å²) >= 11 is 0. The molecular formula is C11H14N2O3S. The number of nitrogens with one attached hydrogen (secondary N) is 1. The van der Waals surface area contributed by atoms with Gasteiger partial charge in [-0.1, -0.05) is 6.92 Å². The molecule has 1 rings (SSSR count). The van der Waals surface area contributed by atoms with Crippen molar-refractivity contribution in [3.63, 3.8) is 0 Å². The van der Waals surface area contributed by atoms with Crippen LogP contribution in [0.15, 0.2) is 18.2 Å². The fourth-order valence-electron chi connectivity index (χ4n) is 1.33. The molecular weight excluding hydrogens is 240 g/mol. The molecule has 0 heterocycles. The number of hydrogen-bond acceptors (Lipinski definition) is 4. The number of phenols is 1. The van der Waals surface area contributed by atoms with Gasteiger partial charge in [-0.15, -0.1) is 0 Å². The highest BCUT2D eigenvalue weighted by molar-refractivity contribution is 7.93. The maximum atomic E-state index is 11.8. The van der Waals surface area contributed by atoms with Gasteiger partial charge in [0.2, 0.25) is 10.0 Å². The Kier molecular flexibility index (Phi) is 3.97. The highest BCUT2D eigenvalue weighted by Crippen LogP contribution is 2.21. The van der Waals surface area contributed by atoms with Gasteiger partial charge in [-0.2, -0.15) is 5.26 Å². The lowest BCUT2D eigenvalue weighted by Gasteiger charge is -2.11. The summed E-state index contributed by atoms with van der Waals surface area (Å²) in [5.74, 6) is 0.0975. The Labute approximate surface area is 101 Å². The number of aryl methyl sites for hydroxylation is 1. The van der Waals surface area contributed by atoms with E-state index in [4.69, 9.17) is 5.26 Å². The highest BCUT2D eigenvalue weighted by atomic mass is 32.2. The molecule has 1 unspecified atom stereocenters. The van der Waals surface area contributed by atoms with Crippen LogP contribution in [0.2, 0.25) is 0 Å². The van der Waals surface area contributed by atoms with Crippen LogP contribution in [0.5, 0.6) is 5.75 Å². The molecule has 17 heavy (non-hydrogen) atoms. The van der Waals surface area contributed by atoms with Gasteiger partial charge in [-0.05, 0) is 37.1 Å². The molecule has 1 aromatic carbocycles. The van der Waals surface area contributed by atoms with Crippen LogP contribution in [0.4, 0.5) is 5.69 Å². The number of sulfonamides is 1. The highest BCUT2D eigenvalue weighted by Gasteiger charge is 2.23. The zero-order chi connectivity index (χ0) is 13.1. The van der Waals surface area contributed by atoms with E-state index in [1.54, 1.807) is 19.9 Å². The molecule has 0 saturated carbocycles. The number of phenolic OH excluding ortho intramolecular Hbond substituents is 1. The Hall–Kier alpha value is -1.74. The lowest BCUT2D eigenvalue weighted by atomic mass is 10.2. The van der Waals surface area contributed by atoms with E-state index in [0.717, 1.165) is 0 Å². The number of aromatic hydroxyl groups is 1. The van der Waals surface area contributed by atoms with E-state index in [-0.39, 0.29) is 12.2 Å². The average molecular weight is 254 g/mol. The second kappa shape index (κ2) is 5.06. The van der Waals surface area contributed by atoms with Gasteiger partial charge in [0.1, 0.15) is 5.75 Å². The van der Waals surface area contributed by atoms with E-state index in [0.29, 0.717) is 11.3 Å². The number of nitrogens with zero attached hydrogens (tertiary/aromatic N) is 1. The minimum atomic E-state index is -3.70. The fraction of sp³-hybridized carbons (Fsp3) is 0.364. The molecule has 0 amide bonds. The van der Waals surface area contributed by atoms with E-state index in [2.05, 4.69) is 4.72 Å². The molecule has 6 heteroatoms. The summed E-state index contributed by atoms with van der Waals surface area (Å²) in [6.07, 6.45) is 0.225. The number of nitriles is 1. The molecule has 0 aromatic heterocycles. The second-order valence-electron chi connectivity index (χ2n) is 3.67. The van der Waals surface area contributed by atoms with E-state index in [1.165, 1.54) is 18.2 Å². The van der Waals surface area contributed by atoms with Crippen LogP contribution in [0.3, 0.4) is 0 Å². The van der Waals surface area contributed by atoms with Crippen LogP contribution in [0, 0.1) is 18.3 Å². The van der Waals surface area contributed by atoms with Crippen molar-refractivity contribution in [1.29, 1.82) is 5.26 Å². The third kappa shape index (κ3) is 3.11. The SMILES string of the molecule is CCC(C#N)S(=O)(=O)Nc1ccc(O)c(C)c1. The standard InChI is InChI=1S/C11H14N2O3S/c1-3-10(7-12)17(15,16)13-9-4-5-11(14)8(2)6-9/h4-6,10,13-14H,3H2,1-2H3. The Bertz CT molecular complexity index is 546. The molecule has 0 radical (unpaired) electrons. The first-order valence-corrected chi connectivity index (χ1v) is 6.66. The van der Waals surface area contributed by atoms with Gasteiger partial charge in [0.05, 0.1) is 6.07 Å². The fourth-order valence-corrected chi connectivity index (χ4v) is 2.51. The van der Waals surface area contributed by atoms with Crippen LogP contribution in [0.1, 0.15) is 18.9 Å². The lowest BCUT2D eigenvalue weighted by Crippen LogP contribution is -2.25. The Morgan fingerprint density at radius 2 is 2.18 bits per heavy atom. The van der Waals surface area contributed by atoms with Crippen molar-refractivity contribution < 1.29 is 13.5 Å². The predicted molar refractivity (Wildman–Crippen MR) is 65.1 cm³/mol. The molecule has 0 saturated heterocycles.